The number of carbonyl (C=O) groups is 10. The Morgan fingerprint density at radius 1 is 0.702 bits per heavy atom. The van der Waals surface area contributed by atoms with Crippen molar-refractivity contribution in [2.24, 2.45) is 17.2 Å². The van der Waals surface area contributed by atoms with Gasteiger partial charge in [0.15, 0.2) is 6.29 Å². The number of rotatable bonds is 24. The van der Waals surface area contributed by atoms with Gasteiger partial charge in [0, 0.05) is 25.0 Å². The highest BCUT2D eigenvalue weighted by atomic mass is 16.7. The fourth-order valence-electron chi connectivity index (χ4n) is 9.07. The zero-order valence-corrected chi connectivity index (χ0v) is 46.8. The molecule has 15 atom stereocenters. The third kappa shape index (κ3) is 25.2. The van der Waals surface area contributed by atoms with Gasteiger partial charge in [-0.3, -0.25) is 47.9 Å². The highest BCUT2D eigenvalue weighted by Crippen LogP contribution is 2.25. The molecular weight excluding hydrogens is 1110 g/mol. The molecule has 3 rings (SSSR count). The van der Waals surface area contributed by atoms with Crippen molar-refractivity contribution in [3.63, 3.8) is 0 Å². The molecule has 1 aromatic rings. The molecule has 9 amide bonds. The van der Waals surface area contributed by atoms with Crippen molar-refractivity contribution in [3.8, 4) is 5.75 Å². The summed E-state index contributed by atoms with van der Waals surface area (Å²) < 4.78 is 11.6. The van der Waals surface area contributed by atoms with Gasteiger partial charge in [0.2, 0.25) is 53.2 Å². The fourth-order valence-corrected chi connectivity index (χ4v) is 9.07. The Labute approximate surface area is 484 Å². The van der Waals surface area contributed by atoms with Gasteiger partial charge in [0.25, 0.3) is 0 Å². The van der Waals surface area contributed by atoms with Crippen LogP contribution in [0.5, 0.6) is 5.75 Å². The Morgan fingerprint density at radius 2 is 1.29 bits per heavy atom. The zero-order valence-electron chi connectivity index (χ0n) is 46.8. The largest absolute Gasteiger partial charge is 0.508 e. The molecule has 0 spiro atoms. The van der Waals surface area contributed by atoms with E-state index in [4.69, 9.17) is 26.7 Å². The average Bonchev–Trinajstić information content (AvgIpc) is 3.62. The number of primary amides is 1. The molecule has 23 N–H and O–H groups in total. The van der Waals surface area contributed by atoms with Gasteiger partial charge in [-0.05, 0) is 49.8 Å². The third-order valence-corrected chi connectivity index (χ3v) is 13.8. The van der Waals surface area contributed by atoms with Crippen LogP contribution in [0.15, 0.2) is 24.3 Å². The number of benzene rings is 1. The first kappa shape index (κ1) is 71.5. The third-order valence-electron chi connectivity index (χ3n) is 13.8. The summed E-state index contributed by atoms with van der Waals surface area (Å²) in [6.45, 7) is -1.95. The van der Waals surface area contributed by atoms with Crippen LogP contribution in [0.3, 0.4) is 0 Å². The van der Waals surface area contributed by atoms with Crippen molar-refractivity contribution in [2.45, 2.75) is 194 Å². The summed E-state index contributed by atoms with van der Waals surface area (Å²) in [5.74, 6) is -12.9. The second kappa shape index (κ2) is 36.9. The smallest absolute Gasteiger partial charge is 0.305 e. The summed E-state index contributed by atoms with van der Waals surface area (Å²) in [6.07, 6.45) is -8.31. The maximum Gasteiger partial charge on any atom is 0.305 e. The van der Waals surface area contributed by atoms with Gasteiger partial charge in [-0.1, -0.05) is 64.0 Å². The van der Waals surface area contributed by atoms with Gasteiger partial charge in [0.05, 0.1) is 57.5 Å². The maximum absolute atomic E-state index is 14.2. The average molecular weight is 1200 g/mol. The van der Waals surface area contributed by atoms with Crippen LogP contribution in [-0.2, 0) is 57.4 Å². The first-order valence-corrected chi connectivity index (χ1v) is 27.8. The number of ether oxygens (including phenoxy) is 2. The van der Waals surface area contributed by atoms with Crippen LogP contribution in [-0.4, -0.2) is 223 Å². The van der Waals surface area contributed by atoms with E-state index >= 15 is 0 Å². The van der Waals surface area contributed by atoms with Crippen LogP contribution in [0.4, 0.5) is 0 Å². The molecule has 2 saturated heterocycles. The molecule has 7 unspecified atom stereocenters. The number of amides is 9. The number of aromatic hydroxyl groups is 1. The van der Waals surface area contributed by atoms with Crippen LogP contribution in [0, 0.1) is 0 Å². The minimum absolute atomic E-state index is 0.00117. The van der Waals surface area contributed by atoms with Crippen molar-refractivity contribution >= 4 is 59.1 Å². The quantitative estimate of drug-likeness (QED) is 0.0428. The number of hydrogen-bond donors (Lipinski definition) is 20. The molecule has 0 bridgehead atoms. The van der Waals surface area contributed by atoms with Gasteiger partial charge >= 0.3 is 5.97 Å². The number of aliphatic hydroxyl groups excluding tert-OH is 7. The van der Waals surface area contributed by atoms with E-state index in [1.807, 2.05) is 5.32 Å². The van der Waals surface area contributed by atoms with E-state index < -0.39 is 202 Å². The van der Waals surface area contributed by atoms with E-state index in [0.717, 1.165) is 69.2 Å². The van der Waals surface area contributed by atoms with E-state index in [9.17, 15) is 93.9 Å². The Hall–Kier alpha value is -6.72. The fraction of sp³-hybridized carbons (Fsp3) is 0.692. The molecule has 32 heteroatoms. The molecule has 2 aliphatic rings. The zero-order chi connectivity index (χ0) is 62.6. The summed E-state index contributed by atoms with van der Waals surface area (Å²) in [6, 6.07) is -9.29. The van der Waals surface area contributed by atoms with Gasteiger partial charge in [-0.15, -0.1) is 0 Å². The van der Waals surface area contributed by atoms with Gasteiger partial charge in [0.1, 0.15) is 60.4 Å². The van der Waals surface area contributed by atoms with Crippen LogP contribution in [0.1, 0.15) is 115 Å². The van der Waals surface area contributed by atoms with Crippen LogP contribution < -0.4 is 59.7 Å². The molecule has 0 radical (unpaired) electrons. The highest BCUT2D eigenvalue weighted by Gasteiger charge is 2.41. The second-order valence-corrected chi connectivity index (χ2v) is 20.9. The SMILES string of the molecule is CCCCCCCCCC(N)CC(O)CC(CC1CC(=O)N[C@@H](CO)C(=O)NC(C(O)c2ccc(O)cc2)C(=O)N[C@@H](CC(=O)O)C(=O)N[C@@H](CO)C(=O)NCC(=O)NCC[C@H](N)C(=O)NC(CC(N)=O)C(=O)N1)O[C@@H]1OC[C@@H](O)[C@H](O)[C@H]1O. The molecule has 2 heterocycles. The van der Waals surface area contributed by atoms with Crippen molar-refractivity contribution in [2.75, 3.05) is 32.9 Å². The number of phenolic OH excluding ortho intramolecular Hbond substituents is 1. The predicted molar refractivity (Wildman–Crippen MR) is 291 cm³/mol. The molecule has 84 heavy (non-hydrogen) atoms. The monoisotopic (exact) mass is 1200 g/mol. The van der Waals surface area contributed by atoms with Crippen molar-refractivity contribution in [1.29, 1.82) is 0 Å². The van der Waals surface area contributed by atoms with Crippen LogP contribution in [0.2, 0.25) is 0 Å². The Kier molecular flexibility index (Phi) is 31.4. The second-order valence-electron chi connectivity index (χ2n) is 20.9. The number of hydrogen-bond acceptors (Lipinski definition) is 22. The number of phenols is 1. The molecule has 2 fully saturated rings. The summed E-state index contributed by atoms with van der Waals surface area (Å²) in [5, 5.41) is 112. The molecule has 474 valence electrons. The van der Waals surface area contributed by atoms with Crippen molar-refractivity contribution < 1.29 is 103 Å². The molecular formula is C52H85N11O21. The molecule has 1 aromatic carbocycles. The minimum Gasteiger partial charge on any atom is -0.508 e. The predicted octanol–water partition coefficient (Wildman–Crippen LogP) is -7.15. The van der Waals surface area contributed by atoms with Gasteiger partial charge < -0.3 is 115 Å². The standard InChI is InChI=1S/C52H85N11O21/c1-2-3-4-5-6-7-8-9-27(53)16-30(67)19-31(84-52-45(76)44(75)37(68)25-83-52)17-28-18-39(70)59-36(24-65)50(81)63-42(43(74)26-10-12-29(66)13-11-26)51(82)61-34(21-41(72)73)49(80)62-35(23-64)47(78)57-22-40(71)56-15-14-32(54)46(77)60-33(20-38(55)69)48(79)58-28/h10-13,27-28,30-37,42-45,52,64-68,74-76H,2-9,14-25,53-54H2,1H3,(H2,55,69)(H,56,71)(H,57,78)(H,58,79)(H,59,70)(H,60,77)(H,61,82)(H,62,80)(H,63,81)(H,72,73)/t27?,28?,30?,31?,32-,33?,34-,35-,36-,37+,42?,43?,44-,45+,52-/m0/s1. The number of nitrogens with one attached hydrogen (secondary N) is 8. The van der Waals surface area contributed by atoms with E-state index in [2.05, 4.69) is 44.1 Å². The Morgan fingerprint density at radius 3 is 1.92 bits per heavy atom. The van der Waals surface area contributed by atoms with Gasteiger partial charge in [-0.2, -0.15) is 0 Å². The van der Waals surface area contributed by atoms with E-state index in [1.54, 1.807) is 0 Å². The Bertz CT molecular complexity index is 2320. The minimum atomic E-state index is -2.24. The van der Waals surface area contributed by atoms with Crippen LogP contribution in [0.25, 0.3) is 0 Å². The highest BCUT2D eigenvalue weighted by molar-refractivity contribution is 5.98. The summed E-state index contributed by atoms with van der Waals surface area (Å²) >= 11 is 0. The summed E-state index contributed by atoms with van der Waals surface area (Å²) in [4.78, 5) is 134. The van der Waals surface area contributed by atoms with Crippen molar-refractivity contribution in [1.82, 2.24) is 42.5 Å². The number of aliphatic carboxylic acids is 1. The lowest BCUT2D eigenvalue weighted by atomic mass is 9.95. The van der Waals surface area contributed by atoms with E-state index in [0.29, 0.717) is 6.42 Å². The number of nitrogens with two attached hydrogens (primary N) is 3. The van der Waals surface area contributed by atoms with Crippen LogP contribution >= 0.6 is 0 Å². The number of carboxylic acid groups (broad SMARTS) is 1. The Balaban J connectivity index is 2.12. The topological polar surface area (TPSA) is 546 Å². The lowest BCUT2D eigenvalue weighted by Crippen LogP contribution is -2.60. The number of carboxylic acids is 1. The lowest BCUT2D eigenvalue weighted by Gasteiger charge is -2.38. The molecule has 0 aromatic heterocycles. The van der Waals surface area contributed by atoms with E-state index in [1.165, 1.54) is 0 Å². The summed E-state index contributed by atoms with van der Waals surface area (Å²) in [5.41, 5.74) is 17.8. The van der Waals surface area contributed by atoms with E-state index in [-0.39, 0.29) is 37.1 Å². The normalized spacial score (nSPS) is 27.6. The lowest BCUT2D eigenvalue weighted by molar-refractivity contribution is -0.285. The van der Waals surface area contributed by atoms with Gasteiger partial charge in [-0.25, -0.2) is 0 Å². The first-order valence-electron chi connectivity index (χ1n) is 27.8. The first-order chi connectivity index (χ1) is 39.8. The van der Waals surface area contributed by atoms with Crippen molar-refractivity contribution in [3.05, 3.63) is 29.8 Å². The molecule has 32 nitrogen and oxygen atoms in total. The number of carbonyl (C=O) groups excluding carboxylic acids is 9. The molecule has 2 aliphatic heterocycles. The number of aliphatic hydroxyl groups is 7. The molecule has 0 aliphatic carbocycles. The summed E-state index contributed by atoms with van der Waals surface area (Å²) in [7, 11) is 0. The number of unbranched alkanes of at least 4 members (excludes halogenated alkanes) is 6. The maximum atomic E-state index is 14.2. The molecule has 0 saturated carbocycles.